The maximum Gasteiger partial charge on any atom is 0.134 e. The number of fused-ring (bicyclic) bond motifs is 1. The summed E-state index contributed by atoms with van der Waals surface area (Å²) in [4.78, 5) is 0. The minimum Gasteiger partial charge on any atom is -0.464 e. The molecule has 1 saturated carbocycles. The number of furan rings is 1. The molecule has 2 nitrogen and oxygen atoms in total. The van der Waals surface area contributed by atoms with Crippen LogP contribution in [0.25, 0.3) is 11.0 Å². The van der Waals surface area contributed by atoms with Crippen LogP contribution in [0.1, 0.15) is 18.4 Å². The van der Waals surface area contributed by atoms with Crippen molar-refractivity contribution in [1.82, 2.24) is 5.32 Å². The van der Waals surface area contributed by atoms with Gasteiger partial charge in [-0.2, -0.15) is 0 Å². The number of benzene rings is 1. The Morgan fingerprint density at radius 1 is 1.27 bits per heavy atom. The summed E-state index contributed by atoms with van der Waals surface area (Å²) in [6.07, 6.45) is 4.67. The van der Waals surface area contributed by atoms with Gasteiger partial charge in [0.15, 0.2) is 0 Å². The third-order valence-corrected chi connectivity index (χ3v) is 3.01. The van der Waals surface area contributed by atoms with E-state index in [4.69, 9.17) is 4.42 Å². The molecule has 2 heteroatoms. The van der Waals surface area contributed by atoms with E-state index in [1.165, 1.54) is 23.8 Å². The lowest BCUT2D eigenvalue weighted by Gasteiger charge is -2.00. The van der Waals surface area contributed by atoms with E-state index in [1.54, 1.807) is 0 Å². The van der Waals surface area contributed by atoms with Crippen LogP contribution in [0.2, 0.25) is 0 Å². The van der Waals surface area contributed by atoms with Gasteiger partial charge in [0.1, 0.15) is 5.58 Å². The van der Waals surface area contributed by atoms with Crippen LogP contribution in [-0.2, 0) is 6.54 Å². The number of rotatable bonds is 4. The van der Waals surface area contributed by atoms with Crippen LogP contribution in [0.5, 0.6) is 0 Å². The van der Waals surface area contributed by atoms with Gasteiger partial charge in [0.2, 0.25) is 0 Å². The Morgan fingerprint density at radius 3 is 3.00 bits per heavy atom. The van der Waals surface area contributed by atoms with Crippen molar-refractivity contribution in [2.75, 3.05) is 6.54 Å². The van der Waals surface area contributed by atoms with E-state index in [-0.39, 0.29) is 0 Å². The summed E-state index contributed by atoms with van der Waals surface area (Å²) in [6.45, 7) is 2.08. The van der Waals surface area contributed by atoms with Crippen molar-refractivity contribution in [2.45, 2.75) is 19.4 Å². The third-order valence-electron chi connectivity index (χ3n) is 3.01. The van der Waals surface area contributed by atoms with Crippen LogP contribution in [0, 0.1) is 5.92 Å². The lowest BCUT2D eigenvalue weighted by Crippen LogP contribution is -2.15. The van der Waals surface area contributed by atoms with E-state index in [2.05, 4.69) is 17.4 Å². The monoisotopic (exact) mass is 201 g/mol. The van der Waals surface area contributed by atoms with Gasteiger partial charge in [-0.15, -0.1) is 0 Å². The fourth-order valence-electron chi connectivity index (χ4n) is 1.90. The Morgan fingerprint density at radius 2 is 2.13 bits per heavy atom. The van der Waals surface area contributed by atoms with E-state index in [0.717, 1.165) is 24.6 Å². The summed E-state index contributed by atoms with van der Waals surface area (Å²) in [5.41, 5.74) is 2.26. The molecule has 15 heavy (non-hydrogen) atoms. The minimum absolute atomic E-state index is 0.924. The van der Waals surface area contributed by atoms with Crippen molar-refractivity contribution in [2.24, 2.45) is 5.92 Å². The van der Waals surface area contributed by atoms with Crippen molar-refractivity contribution in [1.29, 1.82) is 0 Å². The van der Waals surface area contributed by atoms with E-state index < -0.39 is 0 Å². The molecular formula is C13H15NO. The van der Waals surface area contributed by atoms with Crippen LogP contribution in [0.3, 0.4) is 0 Å². The lowest BCUT2D eigenvalue weighted by molar-refractivity contribution is 0.595. The van der Waals surface area contributed by atoms with Gasteiger partial charge < -0.3 is 9.73 Å². The summed E-state index contributed by atoms with van der Waals surface area (Å²) < 4.78 is 5.48. The molecule has 1 aromatic heterocycles. The minimum atomic E-state index is 0.924. The summed E-state index contributed by atoms with van der Waals surface area (Å²) >= 11 is 0. The first kappa shape index (κ1) is 8.98. The third kappa shape index (κ3) is 1.90. The summed E-state index contributed by atoms with van der Waals surface area (Å²) in [6, 6.07) is 8.20. The number of hydrogen-bond acceptors (Lipinski definition) is 2. The lowest BCUT2D eigenvalue weighted by atomic mass is 10.2. The zero-order chi connectivity index (χ0) is 10.1. The Labute approximate surface area is 89.3 Å². The second kappa shape index (κ2) is 3.70. The van der Waals surface area contributed by atoms with Gasteiger partial charge in [-0.3, -0.25) is 0 Å². The van der Waals surface area contributed by atoms with Crippen LogP contribution >= 0.6 is 0 Å². The molecule has 0 saturated heterocycles. The second-order valence-corrected chi connectivity index (χ2v) is 4.33. The predicted molar refractivity (Wildman–Crippen MR) is 60.6 cm³/mol. The SMILES string of the molecule is c1ccc2c(CNCC3CC3)coc2c1. The van der Waals surface area contributed by atoms with Crippen LogP contribution < -0.4 is 5.32 Å². The van der Waals surface area contributed by atoms with Crippen LogP contribution in [0.4, 0.5) is 0 Å². The highest BCUT2D eigenvalue weighted by molar-refractivity contribution is 5.80. The average molecular weight is 201 g/mol. The molecule has 1 aliphatic carbocycles. The molecule has 1 N–H and O–H groups in total. The van der Waals surface area contributed by atoms with Crippen molar-refractivity contribution in [3.8, 4) is 0 Å². The fourth-order valence-corrected chi connectivity index (χ4v) is 1.90. The first-order valence-corrected chi connectivity index (χ1v) is 5.59. The summed E-state index contributed by atoms with van der Waals surface area (Å²) in [7, 11) is 0. The van der Waals surface area contributed by atoms with Gasteiger partial charge in [0, 0.05) is 17.5 Å². The largest absolute Gasteiger partial charge is 0.464 e. The number of nitrogens with one attached hydrogen (secondary N) is 1. The van der Waals surface area contributed by atoms with Gasteiger partial charge in [-0.25, -0.2) is 0 Å². The summed E-state index contributed by atoms with van der Waals surface area (Å²) in [5.74, 6) is 0.933. The Balaban J connectivity index is 1.72. The molecule has 2 aromatic rings. The van der Waals surface area contributed by atoms with Crippen molar-refractivity contribution in [3.05, 3.63) is 36.1 Å². The molecule has 1 aliphatic rings. The first-order valence-electron chi connectivity index (χ1n) is 5.59. The van der Waals surface area contributed by atoms with Crippen LogP contribution in [0.15, 0.2) is 34.9 Å². The Hall–Kier alpha value is -1.28. The quantitative estimate of drug-likeness (QED) is 0.822. The molecule has 0 amide bonds. The van der Waals surface area contributed by atoms with E-state index in [9.17, 15) is 0 Å². The molecule has 0 radical (unpaired) electrons. The van der Waals surface area contributed by atoms with Gasteiger partial charge >= 0.3 is 0 Å². The Bertz CT molecular complexity index is 456. The number of para-hydroxylation sites is 1. The summed E-state index contributed by atoms with van der Waals surface area (Å²) in [5, 5.41) is 4.72. The van der Waals surface area contributed by atoms with E-state index in [1.807, 2.05) is 18.4 Å². The molecule has 0 bridgehead atoms. The molecule has 0 atom stereocenters. The predicted octanol–water partition coefficient (Wildman–Crippen LogP) is 2.93. The molecular weight excluding hydrogens is 186 g/mol. The molecule has 1 fully saturated rings. The van der Waals surface area contributed by atoms with E-state index >= 15 is 0 Å². The zero-order valence-corrected chi connectivity index (χ0v) is 8.70. The molecule has 1 heterocycles. The van der Waals surface area contributed by atoms with Crippen molar-refractivity contribution < 1.29 is 4.42 Å². The number of hydrogen-bond donors (Lipinski definition) is 1. The molecule has 0 aliphatic heterocycles. The smallest absolute Gasteiger partial charge is 0.134 e. The molecule has 0 spiro atoms. The van der Waals surface area contributed by atoms with Crippen LogP contribution in [-0.4, -0.2) is 6.54 Å². The topological polar surface area (TPSA) is 25.2 Å². The second-order valence-electron chi connectivity index (χ2n) is 4.33. The van der Waals surface area contributed by atoms with Gasteiger partial charge in [-0.1, -0.05) is 18.2 Å². The molecule has 3 rings (SSSR count). The molecule has 1 aromatic carbocycles. The average Bonchev–Trinajstić information content (AvgIpc) is 3.00. The van der Waals surface area contributed by atoms with Crippen molar-refractivity contribution >= 4 is 11.0 Å². The Kier molecular flexibility index (Phi) is 2.22. The highest BCUT2D eigenvalue weighted by atomic mass is 16.3. The fraction of sp³-hybridized carbons (Fsp3) is 0.385. The normalized spacial score (nSPS) is 16.0. The maximum atomic E-state index is 5.48. The highest BCUT2D eigenvalue weighted by Crippen LogP contribution is 2.28. The van der Waals surface area contributed by atoms with Crippen molar-refractivity contribution in [3.63, 3.8) is 0 Å². The zero-order valence-electron chi connectivity index (χ0n) is 8.70. The molecule has 78 valence electrons. The van der Waals surface area contributed by atoms with Gasteiger partial charge in [0.25, 0.3) is 0 Å². The maximum absolute atomic E-state index is 5.48. The van der Waals surface area contributed by atoms with Gasteiger partial charge in [-0.05, 0) is 31.4 Å². The first-order chi connectivity index (χ1) is 7.43. The standard InChI is InChI=1S/C13H15NO/c1-2-4-13-12(3-1)11(9-15-13)8-14-7-10-5-6-10/h1-4,9-10,14H,5-8H2. The highest BCUT2D eigenvalue weighted by Gasteiger charge is 2.20. The molecule has 0 unspecified atom stereocenters. The van der Waals surface area contributed by atoms with E-state index in [0.29, 0.717) is 0 Å². The van der Waals surface area contributed by atoms with Gasteiger partial charge in [0.05, 0.1) is 6.26 Å².